The van der Waals surface area contributed by atoms with Crippen molar-refractivity contribution in [3.05, 3.63) is 52.0 Å². The molecule has 0 aliphatic carbocycles. The summed E-state index contributed by atoms with van der Waals surface area (Å²) in [5.74, 6) is 4.91. The summed E-state index contributed by atoms with van der Waals surface area (Å²) in [6.45, 7) is 23.3. The van der Waals surface area contributed by atoms with Crippen LogP contribution in [0.25, 0.3) is 5.30 Å². The third-order valence-corrected chi connectivity index (χ3v) is 6.84. The number of aryl methyl sites for hydroxylation is 1. The van der Waals surface area contributed by atoms with Crippen molar-refractivity contribution in [2.75, 3.05) is 0 Å². The van der Waals surface area contributed by atoms with Crippen molar-refractivity contribution in [1.82, 2.24) is 0 Å². The average Bonchev–Trinajstić information content (AvgIpc) is 2.80. The van der Waals surface area contributed by atoms with E-state index in [1.54, 1.807) is 5.30 Å². The molecule has 0 aliphatic heterocycles. The Morgan fingerprint density at radius 2 is 1.17 bits per heavy atom. The Labute approximate surface area is 150 Å². The van der Waals surface area contributed by atoms with Gasteiger partial charge in [0.05, 0.1) is 0 Å². The molecule has 0 amide bonds. The van der Waals surface area contributed by atoms with Gasteiger partial charge in [-0.1, -0.05) is 88.0 Å². The lowest BCUT2D eigenvalue weighted by Gasteiger charge is -2.33. The zero-order chi connectivity index (χ0) is 18.5. The second-order valence-electron chi connectivity index (χ2n) is 10.3. The van der Waals surface area contributed by atoms with Crippen LogP contribution in [0.1, 0.15) is 84.6 Å². The fourth-order valence-electron chi connectivity index (χ4n) is 3.13. The lowest BCUT2D eigenvalue weighted by molar-refractivity contribution is 0.552. The molecular weight excluding hydrogens is 307 g/mol. The summed E-state index contributed by atoms with van der Waals surface area (Å²) in [6.07, 6.45) is 0. The minimum absolute atomic E-state index is 0.150. The first-order chi connectivity index (χ1) is 10.7. The van der Waals surface area contributed by atoms with Gasteiger partial charge in [0, 0.05) is 5.30 Å². The van der Waals surface area contributed by atoms with Crippen LogP contribution in [-0.2, 0) is 16.2 Å². The average molecular weight is 343 g/mol. The molecule has 1 heteroatoms. The topological polar surface area (TPSA) is 0 Å². The van der Waals surface area contributed by atoms with Gasteiger partial charge in [0.15, 0.2) is 0 Å². The Hall–Kier alpha value is -1.00. The summed E-state index contributed by atoms with van der Waals surface area (Å²) in [6, 6.07) is 7.27. The van der Waals surface area contributed by atoms with E-state index in [1.807, 2.05) is 0 Å². The SMILES string of the molecule is Cc1ccp(-c2c(C(C)(C)C)cc(C(C)(C)C)cc2C(C)(C)C)c1. The predicted octanol–water partition coefficient (Wildman–Crippen LogP) is 7.86. The highest BCUT2D eigenvalue weighted by atomic mass is 31.1. The Kier molecular flexibility index (Phi) is 4.88. The van der Waals surface area contributed by atoms with Crippen molar-refractivity contribution >= 4 is 7.53 Å². The Bertz CT molecular complexity index is 690. The van der Waals surface area contributed by atoms with Gasteiger partial charge in [-0.15, -0.1) is 0 Å². The van der Waals surface area contributed by atoms with Gasteiger partial charge in [0.25, 0.3) is 0 Å². The van der Waals surface area contributed by atoms with E-state index in [1.165, 1.54) is 22.3 Å². The number of rotatable bonds is 1. The van der Waals surface area contributed by atoms with Crippen molar-refractivity contribution in [1.29, 1.82) is 0 Å². The molecule has 0 spiro atoms. The molecule has 24 heavy (non-hydrogen) atoms. The van der Waals surface area contributed by atoms with Gasteiger partial charge in [-0.2, -0.15) is 0 Å². The predicted molar refractivity (Wildman–Crippen MR) is 111 cm³/mol. The van der Waals surface area contributed by atoms with Gasteiger partial charge < -0.3 is 0 Å². The molecule has 0 N–H and O–H groups in total. The van der Waals surface area contributed by atoms with Crippen molar-refractivity contribution in [2.24, 2.45) is 0 Å². The van der Waals surface area contributed by atoms with Gasteiger partial charge in [0.1, 0.15) is 0 Å². The molecule has 132 valence electrons. The molecule has 0 saturated carbocycles. The van der Waals surface area contributed by atoms with E-state index in [-0.39, 0.29) is 23.8 Å². The highest BCUT2D eigenvalue weighted by Crippen LogP contribution is 2.52. The summed E-state index contributed by atoms with van der Waals surface area (Å²) < 4.78 is 0. The van der Waals surface area contributed by atoms with Crippen LogP contribution in [0.4, 0.5) is 0 Å². The van der Waals surface area contributed by atoms with Crippen molar-refractivity contribution < 1.29 is 0 Å². The first kappa shape index (κ1) is 19.3. The quantitative estimate of drug-likeness (QED) is 0.494. The zero-order valence-corrected chi connectivity index (χ0v) is 18.2. The lowest BCUT2D eigenvalue weighted by Crippen LogP contribution is -2.22. The lowest BCUT2D eigenvalue weighted by atomic mass is 9.75. The van der Waals surface area contributed by atoms with E-state index in [4.69, 9.17) is 0 Å². The van der Waals surface area contributed by atoms with Crippen LogP contribution < -0.4 is 0 Å². The molecule has 0 aliphatic rings. The molecule has 1 aromatic heterocycles. The summed E-state index contributed by atoms with van der Waals surface area (Å²) >= 11 is 0. The fraction of sp³-hybridized carbons (Fsp3) is 0.565. The number of benzene rings is 1. The smallest absolute Gasteiger partial charge is 0.00532 e. The normalized spacial score (nSPS) is 14.2. The van der Waals surface area contributed by atoms with Crippen LogP contribution in [0.5, 0.6) is 0 Å². The van der Waals surface area contributed by atoms with Crippen molar-refractivity contribution in [2.45, 2.75) is 85.5 Å². The maximum Gasteiger partial charge on any atom is 0.00532 e. The molecule has 1 aromatic carbocycles. The second-order valence-corrected chi connectivity index (χ2v) is 12.1. The summed E-state index contributed by atoms with van der Waals surface area (Å²) in [4.78, 5) is 0. The monoisotopic (exact) mass is 342 g/mol. The van der Waals surface area contributed by atoms with Gasteiger partial charge in [-0.05, 0) is 57.0 Å². The molecule has 1 unspecified atom stereocenters. The molecule has 2 aromatic rings. The van der Waals surface area contributed by atoms with Crippen molar-refractivity contribution in [3.8, 4) is 5.30 Å². The van der Waals surface area contributed by atoms with Gasteiger partial charge in [-0.3, -0.25) is 0 Å². The third kappa shape index (κ3) is 3.97. The third-order valence-electron chi connectivity index (χ3n) is 4.69. The van der Waals surface area contributed by atoms with Crippen LogP contribution in [0.2, 0.25) is 0 Å². The minimum atomic E-state index is -0.341. The van der Waals surface area contributed by atoms with Crippen LogP contribution in [0.3, 0.4) is 0 Å². The van der Waals surface area contributed by atoms with Crippen LogP contribution in [0, 0.1) is 6.92 Å². The van der Waals surface area contributed by atoms with E-state index in [0.717, 1.165) is 0 Å². The highest BCUT2D eigenvalue weighted by molar-refractivity contribution is 7.56. The Balaban J connectivity index is 2.94. The van der Waals surface area contributed by atoms with Gasteiger partial charge in [0.2, 0.25) is 0 Å². The standard InChI is InChI=1S/C23H35P/c1-16-11-12-24(15-16)20-18(22(5,6)7)13-17(21(2,3)4)14-19(20)23(8,9)10/h11-15H,1-10H3. The highest BCUT2D eigenvalue weighted by Gasteiger charge is 2.29. The van der Waals surface area contributed by atoms with Crippen LogP contribution in [-0.4, -0.2) is 0 Å². The van der Waals surface area contributed by atoms with Crippen LogP contribution >= 0.6 is 7.53 Å². The van der Waals surface area contributed by atoms with E-state index in [0.29, 0.717) is 0 Å². The minimum Gasteiger partial charge on any atom is -0.0925 e. The molecular formula is C23H35P. The van der Waals surface area contributed by atoms with Crippen molar-refractivity contribution in [3.63, 3.8) is 0 Å². The van der Waals surface area contributed by atoms with Gasteiger partial charge in [-0.25, -0.2) is 0 Å². The summed E-state index contributed by atoms with van der Waals surface area (Å²) in [5, 5.41) is 1.59. The molecule has 0 bridgehead atoms. The second kappa shape index (κ2) is 6.06. The molecule has 2 rings (SSSR count). The molecule has 0 fully saturated rings. The largest absolute Gasteiger partial charge is 0.0925 e. The molecule has 1 atom stereocenters. The summed E-state index contributed by atoms with van der Waals surface area (Å²) in [7, 11) is -0.341. The van der Waals surface area contributed by atoms with Crippen LogP contribution in [0.15, 0.2) is 29.8 Å². The molecule has 1 heterocycles. The molecule has 0 saturated heterocycles. The number of hydrogen-bond acceptors (Lipinski definition) is 0. The Morgan fingerprint density at radius 1 is 0.708 bits per heavy atom. The first-order valence-corrected chi connectivity index (χ1v) is 10.5. The first-order valence-electron chi connectivity index (χ1n) is 9.06. The fourth-order valence-corrected chi connectivity index (χ4v) is 5.77. The number of hydrogen-bond donors (Lipinski definition) is 0. The Morgan fingerprint density at radius 3 is 1.46 bits per heavy atom. The van der Waals surface area contributed by atoms with E-state index in [2.05, 4.69) is 99.0 Å². The van der Waals surface area contributed by atoms with E-state index in [9.17, 15) is 0 Å². The van der Waals surface area contributed by atoms with Gasteiger partial charge >= 0.3 is 0 Å². The molecule has 0 nitrogen and oxygen atoms in total. The summed E-state index contributed by atoms with van der Waals surface area (Å²) in [5.41, 5.74) is 6.39. The van der Waals surface area contributed by atoms with E-state index >= 15 is 0 Å². The maximum absolute atomic E-state index is 2.49. The zero-order valence-electron chi connectivity index (χ0n) is 17.3. The van der Waals surface area contributed by atoms with E-state index < -0.39 is 0 Å². The maximum atomic E-state index is 2.49. The molecule has 0 radical (unpaired) electrons.